The van der Waals surface area contributed by atoms with E-state index in [0.717, 1.165) is 6.54 Å². The van der Waals surface area contributed by atoms with Crippen molar-refractivity contribution >= 4 is 38.5 Å². The van der Waals surface area contributed by atoms with Gasteiger partial charge in [0.05, 0.1) is 35.0 Å². The first-order chi connectivity index (χ1) is 16.3. The summed E-state index contributed by atoms with van der Waals surface area (Å²) in [4.78, 5) is 21.3. The van der Waals surface area contributed by atoms with Gasteiger partial charge in [0.1, 0.15) is 17.1 Å². The number of aromatic nitrogens is 2. The molecule has 1 unspecified atom stereocenters. The van der Waals surface area contributed by atoms with Crippen molar-refractivity contribution in [1.29, 1.82) is 5.26 Å². The van der Waals surface area contributed by atoms with Gasteiger partial charge in [-0.2, -0.15) is 5.26 Å². The number of halogens is 1. The number of pyridine rings is 1. The first-order valence-electron chi connectivity index (χ1n) is 11.5. The summed E-state index contributed by atoms with van der Waals surface area (Å²) in [7, 11) is 3.58. The summed E-state index contributed by atoms with van der Waals surface area (Å²) in [5, 5.41) is 10.8. The van der Waals surface area contributed by atoms with Gasteiger partial charge >= 0.3 is 0 Å². The third-order valence-corrected chi connectivity index (χ3v) is 7.05. The highest BCUT2D eigenvalue weighted by Gasteiger charge is 2.29. The highest BCUT2D eigenvalue weighted by molar-refractivity contribution is 6.10. The van der Waals surface area contributed by atoms with E-state index in [2.05, 4.69) is 29.9 Å². The fraction of sp³-hybridized carbons (Fsp3) is 0.385. The van der Waals surface area contributed by atoms with Crippen molar-refractivity contribution in [2.24, 2.45) is 0 Å². The Kier molecular flexibility index (Phi) is 5.25. The number of likely N-dealkylation sites (N-methyl/N-ethyl adjacent to an activating group) is 1. The number of nitrogens with zero attached hydrogens (tertiary/aromatic N) is 4. The highest BCUT2D eigenvalue weighted by Crippen LogP contribution is 2.39. The molecule has 0 aliphatic carbocycles. The molecule has 1 aliphatic heterocycles. The summed E-state index contributed by atoms with van der Waals surface area (Å²) in [6.45, 7) is 8.18. The van der Waals surface area contributed by atoms with Crippen molar-refractivity contribution in [3.05, 3.63) is 45.9 Å². The van der Waals surface area contributed by atoms with Crippen LogP contribution in [0.1, 0.15) is 32.4 Å². The second-order valence-corrected chi connectivity index (χ2v) is 9.43. The largest absolute Gasteiger partial charge is 0.494 e. The number of piperazine rings is 1. The van der Waals surface area contributed by atoms with Crippen LogP contribution in [0.2, 0.25) is 0 Å². The minimum Gasteiger partial charge on any atom is -0.494 e. The number of benzene rings is 2. The van der Waals surface area contributed by atoms with Crippen molar-refractivity contribution in [2.75, 3.05) is 38.7 Å². The summed E-state index contributed by atoms with van der Waals surface area (Å²) < 4.78 is 24.0. The summed E-state index contributed by atoms with van der Waals surface area (Å²) in [6, 6.07) is 9.13. The van der Waals surface area contributed by atoms with Gasteiger partial charge in [-0.25, -0.2) is 4.39 Å². The lowest BCUT2D eigenvalue weighted by Crippen LogP contribution is -2.50. The maximum atomic E-state index is 16.5. The molecule has 8 heteroatoms. The fourth-order valence-corrected chi connectivity index (χ4v) is 5.14. The molecule has 5 rings (SSSR count). The number of hydrogen-bond donors (Lipinski definition) is 1. The molecule has 0 amide bonds. The van der Waals surface area contributed by atoms with E-state index in [1.165, 1.54) is 7.11 Å². The standard InChI is InChI=1S/C26H28FN5O2/c1-14(2)32-23-18(25(33)21-17-7-6-16(12-28)10-19(17)29-26(21)32)11-20(34-5)24(22(23)27)31-9-8-30(4)15(3)13-31/h6-7,10-11,14-15,29H,8-9,13H2,1-5H3. The van der Waals surface area contributed by atoms with Crippen molar-refractivity contribution in [2.45, 2.75) is 32.9 Å². The Morgan fingerprint density at radius 3 is 2.65 bits per heavy atom. The van der Waals surface area contributed by atoms with Gasteiger partial charge in [0.25, 0.3) is 0 Å². The number of ether oxygens (including phenoxy) is 1. The highest BCUT2D eigenvalue weighted by atomic mass is 19.1. The van der Waals surface area contributed by atoms with Crippen molar-refractivity contribution in [3.8, 4) is 11.8 Å². The molecule has 176 valence electrons. The molecule has 1 aliphatic rings. The fourth-order valence-electron chi connectivity index (χ4n) is 5.14. The molecule has 2 aromatic heterocycles. The van der Waals surface area contributed by atoms with Crippen molar-refractivity contribution in [3.63, 3.8) is 0 Å². The van der Waals surface area contributed by atoms with Gasteiger partial charge in [-0.3, -0.25) is 4.79 Å². The molecule has 0 saturated carbocycles. The molecule has 7 nitrogen and oxygen atoms in total. The zero-order valence-electron chi connectivity index (χ0n) is 20.1. The number of rotatable bonds is 3. The van der Waals surface area contributed by atoms with Crippen LogP contribution >= 0.6 is 0 Å². The van der Waals surface area contributed by atoms with E-state index in [1.54, 1.807) is 24.3 Å². The number of aromatic amines is 1. The first-order valence-corrected chi connectivity index (χ1v) is 11.5. The minimum atomic E-state index is -0.449. The summed E-state index contributed by atoms with van der Waals surface area (Å²) in [5.74, 6) is -0.0877. The molecule has 34 heavy (non-hydrogen) atoms. The van der Waals surface area contributed by atoms with Crippen LogP contribution in [0, 0.1) is 17.1 Å². The molecule has 1 saturated heterocycles. The third-order valence-electron chi connectivity index (χ3n) is 7.05. The molecular formula is C26H28FN5O2. The van der Waals surface area contributed by atoms with Gasteiger partial charge in [0.15, 0.2) is 11.2 Å². The SMILES string of the molecule is COc1cc2c(=O)c3c4ccc(C#N)cc4[nH]c3n(C(C)C)c2c(F)c1N1CCN(C)C(C)C1. The normalized spacial score (nSPS) is 17.2. The molecule has 4 aromatic rings. The van der Waals surface area contributed by atoms with Crippen LogP contribution in [0.25, 0.3) is 32.8 Å². The Hall–Kier alpha value is -3.57. The third kappa shape index (κ3) is 3.15. The number of fused-ring (bicyclic) bond motifs is 4. The van der Waals surface area contributed by atoms with Gasteiger partial charge in [0.2, 0.25) is 0 Å². The molecule has 1 N–H and O–H groups in total. The summed E-state index contributed by atoms with van der Waals surface area (Å²) in [6.07, 6.45) is 0. The monoisotopic (exact) mass is 461 g/mol. The lowest BCUT2D eigenvalue weighted by molar-refractivity contribution is 0.232. The van der Waals surface area contributed by atoms with Gasteiger partial charge < -0.3 is 24.1 Å². The molecule has 1 atom stereocenters. The average Bonchev–Trinajstić information content (AvgIpc) is 3.19. The zero-order valence-corrected chi connectivity index (χ0v) is 20.1. The molecule has 2 aromatic carbocycles. The molecule has 0 bridgehead atoms. The van der Waals surface area contributed by atoms with E-state index in [9.17, 15) is 10.1 Å². The lowest BCUT2D eigenvalue weighted by Gasteiger charge is -2.39. The maximum absolute atomic E-state index is 16.5. The molecule has 1 fully saturated rings. The Morgan fingerprint density at radius 1 is 1.24 bits per heavy atom. The molecular weight excluding hydrogens is 433 g/mol. The smallest absolute Gasteiger partial charge is 0.199 e. The Bertz CT molecular complexity index is 1550. The van der Waals surface area contributed by atoms with E-state index >= 15 is 4.39 Å². The van der Waals surface area contributed by atoms with Crippen LogP contribution in [0.5, 0.6) is 5.75 Å². The molecule has 3 heterocycles. The van der Waals surface area contributed by atoms with Crippen molar-refractivity contribution in [1.82, 2.24) is 14.5 Å². The second kappa shape index (κ2) is 8.03. The van der Waals surface area contributed by atoms with E-state index in [1.807, 2.05) is 23.3 Å². The summed E-state index contributed by atoms with van der Waals surface area (Å²) in [5.41, 5.74) is 2.13. The lowest BCUT2D eigenvalue weighted by atomic mass is 10.0. The van der Waals surface area contributed by atoms with Crippen LogP contribution in [0.3, 0.4) is 0 Å². The van der Waals surface area contributed by atoms with Crippen molar-refractivity contribution < 1.29 is 9.13 Å². The average molecular weight is 462 g/mol. The molecule has 0 radical (unpaired) electrons. The van der Waals surface area contributed by atoms with E-state index in [4.69, 9.17) is 4.74 Å². The van der Waals surface area contributed by atoms with Crippen LogP contribution in [0.15, 0.2) is 29.1 Å². The number of nitriles is 1. The van der Waals surface area contributed by atoms with Crippen LogP contribution in [-0.4, -0.2) is 54.3 Å². The van der Waals surface area contributed by atoms with Gasteiger partial charge in [-0.05, 0) is 46.0 Å². The van der Waals surface area contributed by atoms with E-state index < -0.39 is 5.82 Å². The van der Waals surface area contributed by atoms with Gasteiger partial charge in [-0.15, -0.1) is 0 Å². The first kappa shape index (κ1) is 22.2. The number of methoxy groups -OCH3 is 1. The Labute approximate surface area is 196 Å². The maximum Gasteiger partial charge on any atom is 0.199 e. The van der Waals surface area contributed by atoms with Crippen LogP contribution < -0.4 is 15.1 Å². The minimum absolute atomic E-state index is 0.128. The Morgan fingerprint density at radius 2 is 2.00 bits per heavy atom. The molecule has 0 spiro atoms. The van der Waals surface area contributed by atoms with Crippen LogP contribution in [0.4, 0.5) is 10.1 Å². The van der Waals surface area contributed by atoms with Gasteiger partial charge in [0, 0.05) is 42.6 Å². The quantitative estimate of drug-likeness (QED) is 0.490. The van der Waals surface area contributed by atoms with E-state index in [0.29, 0.717) is 52.0 Å². The number of anilines is 1. The summed E-state index contributed by atoms with van der Waals surface area (Å²) >= 11 is 0. The second-order valence-electron chi connectivity index (χ2n) is 9.43. The predicted octanol–water partition coefficient (Wildman–Crippen LogP) is 4.38. The topological polar surface area (TPSA) is 77.3 Å². The van der Waals surface area contributed by atoms with E-state index in [-0.39, 0.29) is 28.4 Å². The Balaban J connectivity index is 1.90. The van der Waals surface area contributed by atoms with Gasteiger partial charge in [-0.1, -0.05) is 6.07 Å². The predicted molar refractivity (Wildman–Crippen MR) is 133 cm³/mol. The number of hydrogen-bond acceptors (Lipinski definition) is 5. The number of H-pyrrole nitrogens is 1. The van der Waals surface area contributed by atoms with Crippen LogP contribution in [-0.2, 0) is 0 Å². The number of nitrogens with one attached hydrogen (secondary N) is 1. The zero-order chi connectivity index (χ0) is 24.3.